The Bertz CT molecular complexity index is 911. The Hall–Kier alpha value is -2.11. The first-order chi connectivity index (χ1) is 27.5. The molecule has 0 rings (SSSR count). The lowest BCUT2D eigenvalue weighted by molar-refractivity contribution is -0.167. The molecule has 0 radical (unpaired) electrons. The molecule has 1 atom stereocenters. The zero-order chi connectivity index (χ0) is 40.8. The Labute approximate surface area is 347 Å². The molecule has 0 aliphatic rings. The third-order valence-electron chi connectivity index (χ3n) is 10.7. The highest BCUT2D eigenvalue weighted by molar-refractivity contribution is 5.71. The number of carbonyl (C=O) groups is 3. The van der Waals surface area contributed by atoms with Crippen LogP contribution in [0.1, 0.15) is 258 Å². The maximum Gasteiger partial charge on any atom is 0.306 e. The minimum Gasteiger partial charge on any atom is -0.462 e. The number of unbranched alkanes of at least 4 members (excludes halogenated alkanes) is 29. The molecule has 0 aliphatic carbocycles. The second-order valence-corrected chi connectivity index (χ2v) is 16.4. The molecule has 0 fully saturated rings. The van der Waals surface area contributed by atoms with Crippen LogP contribution in [0.2, 0.25) is 0 Å². The third-order valence-corrected chi connectivity index (χ3v) is 10.7. The largest absolute Gasteiger partial charge is 0.462 e. The molecule has 0 N–H and O–H groups in total. The molecule has 6 nitrogen and oxygen atoms in total. The summed E-state index contributed by atoms with van der Waals surface area (Å²) >= 11 is 0. The van der Waals surface area contributed by atoms with Gasteiger partial charge in [-0.25, -0.2) is 0 Å². The van der Waals surface area contributed by atoms with Crippen molar-refractivity contribution in [1.29, 1.82) is 0 Å². The average Bonchev–Trinajstić information content (AvgIpc) is 3.19. The summed E-state index contributed by atoms with van der Waals surface area (Å²) in [7, 11) is 0. The van der Waals surface area contributed by atoms with Gasteiger partial charge < -0.3 is 14.2 Å². The molecule has 0 heterocycles. The number of hydrogen-bond acceptors (Lipinski definition) is 6. The van der Waals surface area contributed by atoms with Crippen molar-refractivity contribution in [2.45, 2.75) is 264 Å². The van der Waals surface area contributed by atoms with Gasteiger partial charge in [0.25, 0.3) is 0 Å². The summed E-state index contributed by atoms with van der Waals surface area (Å²) in [4.78, 5) is 37.8. The zero-order valence-electron chi connectivity index (χ0n) is 37.4. The minimum absolute atomic E-state index is 0.0776. The lowest BCUT2D eigenvalue weighted by atomic mass is 10.0. The predicted octanol–water partition coefficient (Wildman–Crippen LogP) is 15.6. The number of hydrogen-bond donors (Lipinski definition) is 0. The van der Waals surface area contributed by atoms with E-state index >= 15 is 0 Å². The Morgan fingerprint density at radius 1 is 0.339 bits per heavy atom. The van der Waals surface area contributed by atoms with Crippen LogP contribution in [-0.4, -0.2) is 37.2 Å². The normalized spacial score (nSPS) is 12.1. The van der Waals surface area contributed by atoms with Gasteiger partial charge in [-0.1, -0.05) is 199 Å². The minimum atomic E-state index is -0.777. The smallest absolute Gasteiger partial charge is 0.306 e. The van der Waals surface area contributed by atoms with Crippen LogP contribution in [-0.2, 0) is 28.6 Å². The molecule has 0 aliphatic heterocycles. The summed E-state index contributed by atoms with van der Waals surface area (Å²) in [5, 5.41) is 0. The molecule has 328 valence electrons. The lowest BCUT2D eigenvalue weighted by Crippen LogP contribution is -2.30. The fourth-order valence-electron chi connectivity index (χ4n) is 6.95. The van der Waals surface area contributed by atoms with Crippen molar-refractivity contribution in [1.82, 2.24) is 0 Å². The van der Waals surface area contributed by atoms with E-state index < -0.39 is 6.10 Å². The fourth-order valence-corrected chi connectivity index (χ4v) is 6.95. The summed E-state index contributed by atoms with van der Waals surface area (Å²) < 4.78 is 16.7. The maximum absolute atomic E-state index is 12.7. The highest BCUT2D eigenvalue weighted by atomic mass is 16.6. The summed E-state index contributed by atoms with van der Waals surface area (Å²) in [5.74, 6) is -0.900. The molecule has 0 bridgehead atoms. The average molecular weight is 789 g/mol. The first-order valence-corrected chi connectivity index (χ1v) is 24.3. The van der Waals surface area contributed by atoms with E-state index in [-0.39, 0.29) is 31.1 Å². The number of carbonyl (C=O) groups excluding carboxylic acids is 3. The van der Waals surface area contributed by atoms with Crippen LogP contribution in [0.25, 0.3) is 0 Å². The van der Waals surface area contributed by atoms with Gasteiger partial charge >= 0.3 is 17.9 Å². The van der Waals surface area contributed by atoms with Gasteiger partial charge in [0.1, 0.15) is 13.2 Å². The van der Waals surface area contributed by atoms with Crippen LogP contribution in [0, 0.1) is 0 Å². The molecule has 0 aromatic carbocycles. The van der Waals surface area contributed by atoms with Gasteiger partial charge in [0.05, 0.1) is 0 Å². The standard InChI is InChI=1S/C50H92O6/c1-4-7-10-13-16-19-22-24-25-27-28-31-34-37-40-43-49(52)55-46-47(45-54-48(51)42-39-36-33-30-21-18-15-12-9-6-3)56-50(53)44-41-38-35-32-29-26-23-20-17-14-11-8-5-2/h15,18,26,29,47H,4-14,16-17,19-25,27-28,30-46H2,1-3H3/b18-15-,29-26-. The van der Waals surface area contributed by atoms with Crippen LogP contribution in [0.3, 0.4) is 0 Å². The lowest BCUT2D eigenvalue weighted by Gasteiger charge is -2.18. The topological polar surface area (TPSA) is 78.9 Å². The summed E-state index contributed by atoms with van der Waals surface area (Å²) in [6.07, 6.45) is 50.2. The molecule has 0 aromatic rings. The molecule has 0 spiro atoms. The van der Waals surface area contributed by atoms with Gasteiger partial charge in [-0.3, -0.25) is 14.4 Å². The first-order valence-electron chi connectivity index (χ1n) is 24.3. The zero-order valence-corrected chi connectivity index (χ0v) is 37.4. The van der Waals surface area contributed by atoms with Crippen LogP contribution in [0.15, 0.2) is 24.3 Å². The van der Waals surface area contributed by atoms with Crippen LogP contribution < -0.4 is 0 Å². The van der Waals surface area contributed by atoms with Crippen molar-refractivity contribution in [3.8, 4) is 0 Å². The second-order valence-electron chi connectivity index (χ2n) is 16.4. The highest BCUT2D eigenvalue weighted by Gasteiger charge is 2.19. The summed E-state index contributed by atoms with van der Waals surface area (Å²) in [6, 6.07) is 0. The first kappa shape index (κ1) is 53.9. The van der Waals surface area contributed by atoms with Crippen molar-refractivity contribution in [2.75, 3.05) is 13.2 Å². The van der Waals surface area contributed by atoms with E-state index in [2.05, 4.69) is 45.1 Å². The van der Waals surface area contributed by atoms with Crippen molar-refractivity contribution in [3.63, 3.8) is 0 Å². The van der Waals surface area contributed by atoms with Crippen LogP contribution in [0.4, 0.5) is 0 Å². The Morgan fingerprint density at radius 2 is 0.607 bits per heavy atom. The van der Waals surface area contributed by atoms with E-state index in [9.17, 15) is 14.4 Å². The van der Waals surface area contributed by atoms with Crippen LogP contribution in [0.5, 0.6) is 0 Å². The summed E-state index contributed by atoms with van der Waals surface area (Å²) in [6.45, 7) is 6.58. The van der Waals surface area contributed by atoms with Gasteiger partial charge in [-0.15, -0.1) is 0 Å². The van der Waals surface area contributed by atoms with E-state index in [1.807, 2.05) is 0 Å². The van der Waals surface area contributed by atoms with Gasteiger partial charge in [-0.2, -0.15) is 0 Å². The Morgan fingerprint density at radius 3 is 0.964 bits per heavy atom. The number of ether oxygens (including phenoxy) is 3. The van der Waals surface area contributed by atoms with Gasteiger partial charge in [0.2, 0.25) is 0 Å². The Balaban J connectivity index is 4.35. The molecular weight excluding hydrogens is 697 g/mol. The van der Waals surface area contributed by atoms with E-state index in [0.717, 1.165) is 89.9 Å². The SMILES string of the molecule is CCCC/C=C\CCCCCCC(=O)OCC(COC(=O)CCCCCCCCCCCCCCCCC)OC(=O)CCCCC/C=C\CCCCCCCC. The number of allylic oxidation sites excluding steroid dienone is 4. The molecule has 0 saturated heterocycles. The number of rotatable bonds is 44. The molecule has 0 saturated carbocycles. The Kier molecular flexibility index (Phi) is 43.9. The van der Waals surface area contributed by atoms with E-state index in [4.69, 9.17) is 14.2 Å². The van der Waals surface area contributed by atoms with Crippen LogP contribution >= 0.6 is 0 Å². The predicted molar refractivity (Wildman–Crippen MR) is 238 cm³/mol. The molecule has 0 aromatic heterocycles. The van der Waals surface area contributed by atoms with E-state index in [1.54, 1.807) is 0 Å². The second kappa shape index (κ2) is 45.6. The van der Waals surface area contributed by atoms with E-state index in [1.165, 1.54) is 128 Å². The highest BCUT2D eigenvalue weighted by Crippen LogP contribution is 2.15. The maximum atomic E-state index is 12.7. The fraction of sp³-hybridized carbons (Fsp3) is 0.860. The molecular formula is C50H92O6. The molecule has 0 amide bonds. The third kappa shape index (κ3) is 43.0. The van der Waals surface area contributed by atoms with Gasteiger partial charge in [0, 0.05) is 19.3 Å². The molecule has 56 heavy (non-hydrogen) atoms. The van der Waals surface area contributed by atoms with Crippen molar-refractivity contribution >= 4 is 17.9 Å². The van der Waals surface area contributed by atoms with Gasteiger partial charge in [0.15, 0.2) is 6.10 Å². The molecule has 1 unspecified atom stereocenters. The monoisotopic (exact) mass is 789 g/mol. The number of esters is 3. The van der Waals surface area contributed by atoms with Crippen molar-refractivity contribution in [3.05, 3.63) is 24.3 Å². The molecule has 6 heteroatoms. The summed E-state index contributed by atoms with van der Waals surface area (Å²) in [5.41, 5.74) is 0. The van der Waals surface area contributed by atoms with Crippen molar-refractivity contribution in [2.24, 2.45) is 0 Å². The van der Waals surface area contributed by atoms with Crippen molar-refractivity contribution < 1.29 is 28.6 Å². The van der Waals surface area contributed by atoms with Gasteiger partial charge in [-0.05, 0) is 64.2 Å². The quantitative estimate of drug-likeness (QED) is 0.0265. The van der Waals surface area contributed by atoms with E-state index in [0.29, 0.717) is 19.3 Å².